The van der Waals surface area contributed by atoms with E-state index in [2.05, 4.69) is 5.32 Å². The van der Waals surface area contributed by atoms with Crippen LogP contribution in [0.2, 0.25) is 5.02 Å². The molecule has 0 radical (unpaired) electrons. The molecule has 1 saturated heterocycles. The molecule has 4 aromatic carbocycles. The lowest BCUT2D eigenvalue weighted by Gasteiger charge is -2.15. The number of benzene rings is 4. The second kappa shape index (κ2) is 9.33. The highest BCUT2D eigenvalue weighted by Gasteiger charge is 2.40. The van der Waals surface area contributed by atoms with Gasteiger partial charge in [-0.05, 0) is 71.4 Å². The molecular formula is C27H19ClN2O3S. The van der Waals surface area contributed by atoms with Crippen molar-refractivity contribution in [2.75, 3.05) is 10.2 Å². The van der Waals surface area contributed by atoms with Crippen molar-refractivity contribution in [1.29, 1.82) is 0 Å². The Hall–Kier alpha value is -3.61. The summed E-state index contributed by atoms with van der Waals surface area (Å²) in [4.78, 5) is 40.1. The van der Waals surface area contributed by atoms with Crippen LogP contribution in [0.5, 0.6) is 0 Å². The van der Waals surface area contributed by atoms with Crippen molar-refractivity contribution < 1.29 is 14.4 Å². The van der Waals surface area contributed by atoms with Gasteiger partial charge < -0.3 is 5.32 Å². The first kappa shape index (κ1) is 22.2. The van der Waals surface area contributed by atoms with Crippen LogP contribution in [0.4, 0.5) is 11.4 Å². The van der Waals surface area contributed by atoms with Crippen LogP contribution in [0.1, 0.15) is 16.8 Å². The third-order valence-electron chi connectivity index (χ3n) is 5.59. The SMILES string of the molecule is O=C(Nc1ccc(SC2CC(=O)N(c3ccc(Cl)cc3)C2=O)cc1)c1ccc2ccccc2c1. The van der Waals surface area contributed by atoms with Crippen LogP contribution in [-0.4, -0.2) is 23.0 Å². The number of hydrogen-bond donors (Lipinski definition) is 1. The number of amides is 3. The van der Waals surface area contributed by atoms with Crippen LogP contribution in [0.3, 0.4) is 0 Å². The smallest absolute Gasteiger partial charge is 0.255 e. The molecule has 1 heterocycles. The number of fused-ring (bicyclic) bond motifs is 1. The molecule has 1 N–H and O–H groups in total. The summed E-state index contributed by atoms with van der Waals surface area (Å²) >= 11 is 7.25. The van der Waals surface area contributed by atoms with Crippen molar-refractivity contribution in [2.45, 2.75) is 16.6 Å². The fourth-order valence-corrected chi connectivity index (χ4v) is 5.05. The summed E-state index contributed by atoms with van der Waals surface area (Å²) < 4.78 is 0. The summed E-state index contributed by atoms with van der Waals surface area (Å²) in [5, 5.41) is 5.03. The molecule has 0 aliphatic carbocycles. The van der Waals surface area contributed by atoms with Gasteiger partial charge in [0.25, 0.3) is 5.91 Å². The molecule has 1 aliphatic rings. The quantitative estimate of drug-likeness (QED) is 0.342. The number of nitrogens with zero attached hydrogens (tertiary/aromatic N) is 1. The average Bonchev–Trinajstić information content (AvgIpc) is 3.13. The number of rotatable bonds is 5. The number of hydrogen-bond acceptors (Lipinski definition) is 4. The topological polar surface area (TPSA) is 66.5 Å². The zero-order valence-corrected chi connectivity index (χ0v) is 19.5. The zero-order valence-electron chi connectivity index (χ0n) is 17.9. The first-order valence-corrected chi connectivity index (χ1v) is 11.9. The maximum absolute atomic E-state index is 12.9. The molecule has 5 rings (SSSR count). The molecule has 4 aromatic rings. The number of anilines is 2. The van der Waals surface area contributed by atoms with E-state index in [0.717, 1.165) is 15.7 Å². The van der Waals surface area contributed by atoms with Gasteiger partial charge in [0.15, 0.2) is 0 Å². The lowest BCUT2D eigenvalue weighted by Crippen LogP contribution is -2.31. The zero-order chi connectivity index (χ0) is 23.7. The molecule has 0 saturated carbocycles. The molecule has 0 spiro atoms. The van der Waals surface area contributed by atoms with E-state index in [0.29, 0.717) is 22.0 Å². The number of nitrogens with one attached hydrogen (secondary N) is 1. The van der Waals surface area contributed by atoms with E-state index < -0.39 is 5.25 Å². The monoisotopic (exact) mass is 486 g/mol. The standard InChI is InChI=1S/C27H19ClN2O3S/c28-20-7-11-22(12-8-20)30-25(31)16-24(27(30)33)34-23-13-9-21(10-14-23)29-26(32)19-6-5-17-3-1-2-4-18(17)15-19/h1-15,24H,16H2,(H,29,32). The first-order valence-electron chi connectivity index (χ1n) is 10.7. The van der Waals surface area contributed by atoms with Gasteiger partial charge in [-0.1, -0.05) is 41.9 Å². The van der Waals surface area contributed by atoms with Crippen molar-refractivity contribution >= 4 is 63.2 Å². The van der Waals surface area contributed by atoms with E-state index in [9.17, 15) is 14.4 Å². The maximum Gasteiger partial charge on any atom is 0.255 e. The molecule has 1 fully saturated rings. The van der Waals surface area contributed by atoms with Gasteiger partial charge in [-0.2, -0.15) is 0 Å². The number of carbonyl (C=O) groups is 3. The molecule has 5 nitrogen and oxygen atoms in total. The minimum Gasteiger partial charge on any atom is -0.322 e. The third-order valence-corrected chi connectivity index (χ3v) is 7.04. The molecule has 168 valence electrons. The maximum atomic E-state index is 12.9. The third kappa shape index (κ3) is 4.55. The average molecular weight is 487 g/mol. The Bertz CT molecular complexity index is 1400. The van der Waals surface area contributed by atoms with Gasteiger partial charge in [-0.25, -0.2) is 4.90 Å². The summed E-state index contributed by atoms with van der Waals surface area (Å²) in [6.07, 6.45) is 0.132. The molecule has 1 aliphatic heterocycles. The molecule has 34 heavy (non-hydrogen) atoms. The Balaban J connectivity index is 1.24. The highest BCUT2D eigenvalue weighted by atomic mass is 35.5. The fraction of sp³-hybridized carbons (Fsp3) is 0.0741. The van der Waals surface area contributed by atoms with Gasteiger partial charge >= 0.3 is 0 Å². The van der Waals surface area contributed by atoms with Crippen LogP contribution in [0.15, 0.2) is 95.9 Å². The van der Waals surface area contributed by atoms with E-state index in [1.165, 1.54) is 16.7 Å². The Morgan fingerprint density at radius 3 is 2.32 bits per heavy atom. The minimum absolute atomic E-state index is 0.132. The van der Waals surface area contributed by atoms with Gasteiger partial charge in [0.1, 0.15) is 0 Å². The first-order chi connectivity index (χ1) is 16.5. The van der Waals surface area contributed by atoms with Gasteiger partial charge in [-0.15, -0.1) is 11.8 Å². The van der Waals surface area contributed by atoms with Crippen LogP contribution >= 0.6 is 23.4 Å². The predicted octanol–water partition coefficient (Wildman–Crippen LogP) is 6.17. The summed E-state index contributed by atoms with van der Waals surface area (Å²) in [5.74, 6) is -0.670. The lowest BCUT2D eigenvalue weighted by molar-refractivity contribution is -0.121. The molecule has 0 aromatic heterocycles. The van der Waals surface area contributed by atoms with E-state index in [1.807, 2.05) is 48.5 Å². The number of halogens is 1. The van der Waals surface area contributed by atoms with Crippen LogP contribution < -0.4 is 10.2 Å². The molecule has 1 unspecified atom stereocenters. The molecule has 1 atom stereocenters. The summed E-state index contributed by atoms with van der Waals surface area (Å²) in [6, 6.07) is 27.4. The summed E-state index contributed by atoms with van der Waals surface area (Å²) in [7, 11) is 0. The van der Waals surface area contributed by atoms with E-state index >= 15 is 0 Å². The second-order valence-corrected chi connectivity index (χ2v) is 9.61. The summed E-state index contributed by atoms with van der Waals surface area (Å²) in [5.41, 5.74) is 1.75. The molecule has 7 heteroatoms. The summed E-state index contributed by atoms with van der Waals surface area (Å²) in [6.45, 7) is 0. The Labute approximate surface area is 205 Å². The van der Waals surface area contributed by atoms with Crippen LogP contribution in [0.25, 0.3) is 10.8 Å². The van der Waals surface area contributed by atoms with Gasteiger partial charge in [0.2, 0.25) is 11.8 Å². The Morgan fingerprint density at radius 1 is 0.882 bits per heavy atom. The van der Waals surface area contributed by atoms with Crippen LogP contribution in [-0.2, 0) is 9.59 Å². The molecule has 0 bridgehead atoms. The molecular weight excluding hydrogens is 468 g/mol. The van der Waals surface area contributed by atoms with E-state index in [4.69, 9.17) is 11.6 Å². The number of thioether (sulfide) groups is 1. The normalized spacial score (nSPS) is 15.7. The van der Waals surface area contributed by atoms with Crippen molar-refractivity contribution in [3.05, 3.63) is 102 Å². The van der Waals surface area contributed by atoms with Crippen molar-refractivity contribution in [2.24, 2.45) is 0 Å². The number of carbonyl (C=O) groups excluding carboxylic acids is 3. The molecule has 3 amide bonds. The number of imide groups is 1. The highest BCUT2D eigenvalue weighted by molar-refractivity contribution is 8.00. The van der Waals surface area contributed by atoms with Gasteiger partial charge in [0, 0.05) is 27.6 Å². The van der Waals surface area contributed by atoms with Crippen molar-refractivity contribution in [3.63, 3.8) is 0 Å². The minimum atomic E-state index is -0.499. The lowest BCUT2D eigenvalue weighted by atomic mass is 10.1. The largest absolute Gasteiger partial charge is 0.322 e. The Kier molecular flexibility index (Phi) is 6.09. The van der Waals surface area contributed by atoms with Gasteiger partial charge in [-0.3, -0.25) is 14.4 Å². The highest BCUT2D eigenvalue weighted by Crippen LogP contribution is 2.34. The second-order valence-electron chi connectivity index (χ2n) is 7.89. The van der Waals surface area contributed by atoms with Crippen LogP contribution in [0, 0.1) is 0 Å². The Morgan fingerprint density at radius 2 is 1.59 bits per heavy atom. The van der Waals surface area contributed by atoms with Crippen molar-refractivity contribution in [3.8, 4) is 0 Å². The van der Waals surface area contributed by atoms with Crippen molar-refractivity contribution in [1.82, 2.24) is 0 Å². The van der Waals surface area contributed by atoms with Gasteiger partial charge in [0.05, 0.1) is 10.9 Å². The predicted molar refractivity (Wildman–Crippen MR) is 137 cm³/mol. The van der Waals surface area contributed by atoms with E-state index in [-0.39, 0.29) is 24.1 Å². The fourth-order valence-electron chi connectivity index (χ4n) is 3.87. The van der Waals surface area contributed by atoms with E-state index in [1.54, 1.807) is 42.5 Å².